The largest absolute Gasteiger partial charge is 1.00 e. The standard InChI is InChI=1S/C15H26N3O2.BrH/c19-14-4-5-15(20)17(14)7-3-6-16-8-12-18(13-9-16)10-1-2-11-18;/h1-13H2;1H/q+1;/p-1. The second kappa shape index (κ2) is 7.20. The van der Waals surface area contributed by atoms with Crippen LogP contribution in [0.15, 0.2) is 0 Å². The predicted octanol–water partition coefficient (Wildman–Crippen LogP) is -2.54. The number of amides is 2. The van der Waals surface area contributed by atoms with Gasteiger partial charge in [-0.05, 0) is 6.42 Å². The van der Waals surface area contributed by atoms with Gasteiger partial charge in [-0.15, -0.1) is 0 Å². The monoisotopic (exact) mass is 359 g/mol. The maximum Gasteiger partial charge on any atom is 0.229 e. The van der Waals surface area contributed by atoms with Gasteiger partial charge in [-0.2, -0.15) is 0 Å². The van der Waals surface area contributed by atoms with Crippen molar-refractivity contribution in [3.63, 3.8) is 0 Å². The first-order valence-corrected chi connectivity index (χ1v) is 8.09. The van der Waals surface area contributed by atoms with Gasteiger partial charge in [-0.1, -0.05) is 0 Å². The average molecular weight is 360 g/mol. The molecule has 1 spiro atoms. The summed E-state index contributed by atoms with van der Waals surface area (Å²) in [6.07, 6.45) is 4.57. The summed E-state index contributed by atoms with van der Waals surface area (Å²) in [4.78, 5) is 27.0. The molecule has 3 saturated heterocycles. The van der Waals surface area contributed by atoms with Crippen molar-refractivity contribution >= 4 is 11.8 Å². The van der Waals surface area contributed by atoms with Gasteiger partial charge in [-0.25, -0.2) is 0 Å². The molecular weight excluding hydrogens is 334 g/mol. The molecular formula is C15H26BrN3O2. The summed E-state index contributed by atoms with van der Waals surface area (Å²) in [5, 5.41) is 0. The lowest BCUT2D eigenvalue weighted by molar-refractivity contribution is -0.920. The molecule has 0 aromatic carbocycles. The number of hydrogen-bond acceptors (Lipinski definition) is 3. The highest BCUT2D eigenvalue weighted by molar-refractivity contribution is 6.01. The van der Waals surface area contributed by atoms with Crippen LogP contribution >= 0.6 is 0 Å². The van der Waals surface area contributed by atoms with Gasteiger partial charge in [0.25, 0.3) is 0 Å². The fourth-order valence-corrected chi connectivity index (χ4v) is 3.93. The topological polar surface area (TPSA) is 40.6 Å². The van der Waals surface area contributed by atoms with Crippen LogP contribution in [0.1, 0.15) is 32.1 Å². The molecule has 0 radical (unpaired) electrons. The van der Waals surface area contributed by atoms with E-state index >= 15 is 0 Å². The number of rotatable bonds is 4. The van der Waals surface area contributed by atoms with Crippen molar-refractivity contribution in [2.24, 2.45) is 0 Å². The Labute approximate surface area is 137 Å². The molecule has 0 aromatic heterocycles. The molecule has 0 saturated carbocycles. The molecule has 2 amide bonds. The molecule has 0 bridgehead atoms. The van der Waals surface area contributed by atoms with E-state index in [2.05, 4.69) is 4.90 Å². The third-order valence-electron chi connectivity index (χ3n) is 5.31. The molecule has 3 aliphatic heterocycles. The van der Waals surface area contributed by atoms with E-state index in [-0.39, 0.29) is 28.8 Å². The molecule has 120 valence electrons. The van der Waals surface area contributed by atoms with E-state index in [4.69, 9.17) is 0 Å². The van der Waals surface area contributed by atoms with E-state index in [0.29, 0.717) is 19.4 Å². The minimum atomic E-state index is 0. The summed E-state index contributed by atoms with van der Waals surface area (Å²) in [5.74, 6) is 0.0467. The first-order valence-electron chi connectivity index (χ1n) is 8.09. The van der Waals surface area contributed by atoms with Crippen LogP contribution in [-0.4, -0.2) is 78.5 Å². The Balaban J connectivity index is 0.00000161. The number of imide groups is 1. The number of carbonyl (C=O) groups is 2. The highest BCUT2D eigenvalue weighted by atomic mass is 79.9. The minimum absolute atomic E-state index is 0. The first-order chi connectivity index (χ1) is 9.69. The van der Waals surface area contributed by atoms with Gasteiger partial charge in [0, 0.05) is 51.9 Å². The number of likely N-dealkylation sites (tertiary alicyclic amines) is 1. The molecule has 3 rings (SSSR count). The molecule has 21 heavy (non-hydrogen) atoms. The third-order valence-corrected chi connectivity index (χ3v) is 5.31. The Bertz CT molecular complexity index is 370. The molecule has 0 aromatic rings. The fourth-order valence-electron chi connectivity index (χ4n) is 3.93. The van der Waals surface area contributed by atoms with Gasteiger partial charge in [0.2, 0.25) is 11.8 Å². The van der Waals surface area contributed by atoms with Gasteiger partial charge in [0.05, 0.1) is 26.2 Å². The van der Waals surface area contributed by atoms with Crippen LogP contribution in [0.25, 0.3) is 0 Å². The average Bonchev–Trinajstić information content (AvgIpc) is 3.03. The highest BCUT2D eigenvalue weighted by Crippen LogP contribution is 2.22. The summed E-state index contributed by atoms with van der Waals surface area (Å²) in [7, 11) is 0. The van der Waals surface area contributed by atoms with Crippen LogP contribution in [0.5, 0.6) is 0 Å². The molecule has 3 heterocycles. The number of carbonyl (C=O) groups excluding carboxylic acids is 2. The van der Waals surface area contributed by atoms with Crippen LogP contribution in [-0.2, 0) is 9.59 Å². The number of nitrogens with zero attached hydrogens (tertiary/aromatic N) is 3. The van der Waals surface area contributed by atoms with Gasteiger partial charge in [-0.3, -0.25) is 19.4 Å². The van der Waals surface area contributed by atoms with Gasteiger partial charge < -0.3 is 21.5 Å². The zero-order valence-electron chi connectivity index (χ0n) is 12.7. The summed E-state index contributed by atoms with van der Waals surface area (Å²) in [6, 6.07) is 0. The van der Waals surface area contributed by atoms with Gasteiger partial charge >= 0.3 is 0 Å². The van der Waals surface area contributed by atoms with Crippen LogP contribution in [0.3, 0.4) is 0 Å². The molecule has 0 N–H and O–H groups in total. The minimum Gasteiger partial charge on any atom is -1.00 e. The molecule has 3 fully saturated rings. The van der Waals surface area contributed by atoms with Crippen LogP contribution in [0.4, 0.5) is 0 Å². The molecule has 3 aliphatic rings. The Morgan fingerprint density at radius 3 is 2.00 bits per heavy atom. The summed E-state index contributed by atoms with van der Waals surface area (Å²) in [5.41, 5.74) is 0. The van der Waals surface area contributed by atoms with Crippen molar-refractivity contribution in [3.8, 4) is 0 Å². The quantitative estimate of drug-likeness (QED) is 0.410. The van der Waals surface area contributed by atoms with Crippen molar-refractivity contribution < 1.29 is 31.1 Å². The van der Waals surface area contributed by atoms with E-state index < -0.39 is 0 Å². The zero-order chi connectivity index (χ0) is 14.0. The second-order valence-electron chi connectivity index (χ2n) is 6.58. The Kier molecular flexibility index (Phi) is 5.80. The van der Waals surface area contributed by atoms with Crippen LogP contribution in [0, 0.1) is 0 Å². The molecule has 5 nitrogen and oxygen atoms in total. The predicted molar refractivity (Wildman–Crippen MR) is 76.0 cm³/mol. The van der Waals surface area contributed by atoms with Crippen molar-refractivity contribution in [2.45, 2.75) is 32.1 Å². The molecule has 0 unspecified atom stereocenters. The number of quaternary nitrogens is 1. The lowest BCUT2D eigenvalue weighted by atomic mass is 10.2. The van der Waals surface area contributed by atoms with Crippen LogP contribution < -0.4 is 17.0 Å². The van der Waals surface area contributed by atoms with Crippen molar-refractivity contribution in [1.82, 2.24) is 9.80 Å². The Morgan fingerprint density at radius 2 is 1.43 bits per heavy atom. The number of halogens is 1. The molecule has 0 atom stereocenters. The first kappa shape index (κ1) is 16.9. The van der Waals surface area contributed by atoms with Gasteiger partial charge in [0.1, 0.15) is 0 Å². The van der Waals surface area contributed by atoms with E-state index in [1.165, 1.54) is 61.5 Å². The maximum absolute atomic E-state index is 11.5. The SMILES string of the molecule is O=C1CCC(=O)N1CCCN1CC[N+]2(CCCC2)CC1.[Br-]. The van der Waals surface area contributed by atoms with E-state index in [1.54, 1.807) is 0 Å². The fraction of sp³-hybridized carbons (Fsp3) is 0.867. The Morgan fingerprint density at radius 1 is 0.857 bits per heavy atom. The van der Waals surface area contributed by atoms with E-state index in [1.807, 2.05) is 0 Å². The normalized spacial score (nSPS) is 25.6. The zero-order valence-corrected chi connectivity index (χ0v) is 14.3. The second-order valence-corrected chi connectivity index (χ2v) is 6.58. The third kappa shape index (κ3) is 3.85. The summed E-state index contributed by atoms with van der Waals surface area (Å²) < 4.78 is 1.35. The maximum atomic E-state index is 11.5. The Hall–Kier alpha value is -0.460. The van der Waals surface area contributed by atoms with Crippen molar-refractivity contribution in [1.29, 1.82) is 0 Å². The molecule has 0 aliphatic carbocycles. The van der Waals surface area contributed by atoms with E-state index in [0.717, 1.165) is 13.0 Å². The van der Waals surface area contributed by atoms with Gasteiger partial charge in [0.15, 0.2) is 0 Å². The molecule has 6 heteroatoms. The van der Waals surface area contributed by atoms with Crippen LogP contribution in [0.2, 0.25) is 0 Å². The lowest BCUT2D eigenvalue weighted by Crippen LogP contribution is -3.00. The summed E-state index contributed by atoms with van der Waals surface area (Å²) >= 11 is 0. The number of piperazine rings is 1. The number of hydrogen-bond donors (Lipinski definition) is 0. The lowest BCUT2D eigenvalue weighted by Gasteiger charge is -2.42. The van der Waals surface area contributed by atoms with E-state index in [9.17, 15) is 9.59 Å². The highest BCUT2D eigenvalue weighted by Gasteiger charge is 2.35. The smallest absolute Gasteiger partial charge is 0.229 e. The van der Waals surface area contributed by atoms with Crippen molar-refractivity contribution in [2.75, 3.05) is 52.4 Å². The van der Waals surface area contributed by atoms with Crippen molar-refractivity contribution in [3.05, 3.63) is 0 Å². The summed E-state index contributed by atoms with van der Waals surface area (Å²) in [6.45, 7) is 9.35.